The molecule has 1 heterocycles. The van der Waals surface area contributed by atoms with Crippen LogP contribution in [0.2, 0.25) is 0 Å². The molecule has 0 saturated carbocycles. The van der Waals surface area contributed by atoms with Gasteiger partial charge in [0.25, 0.3) is 6.10 Å². The number of aliphatic hydroxyl groups is 2. The number of carboxylic acid groups (broad SMARTS) is 1. The van der Waals surface area contributed by atoms with Gasteiger partial charge in [-0.2, -0.15) is 0 Å². The van der Waals surface area contributed by atoms with E-state index in [9.17, 15) is 34.8 Å². The summed E-state index contributed by atoms with van der Waals surface area (Å²) in [6.07, 6.45) is 1.65. The van der Waals surface area contributed by atoms with Crippen molar-refractivity contribution in [2.24, 2.45) is 0 Å². The molecule has 3 rings (SSSR count). The minimum atomic E-state index is -1.77. The molecule has 10 nitrogen and oxygen atoms in total. The van der Waals surface area contributed by atoms with E-state index in [1.54, 1.807) is 12.1 Å². The number of hydrogen-bond acceptors (Lipinski definition) is 9. The molecule has 0 bridgehead atoms. The van der Waals surface area contributed by atoms with Gasteiger partial charge in [-0.1, -0.05) is 13.3 Å². The lowest BCUT2D eigenvalue weighted by molar-refractivity contribution is -0.144. The molecule has 0 fully saturated rings. The number of phenolic OH excluding ortho intramolecular Hbond substituents is 1. The number of phenols is 1. The predicted octanol–water partition coefficient (Wildman–Crippen LogP) is 5.01. The number of aromatic hydroxyl groups is 1. The van der Waals surface area contributed by atoms with Crippen molar-refractivity contribution in [3.8, 4) is 23.0 Å². The van der Waals surface area contributed by atoms with Crippen LogP contribution in [0.3, 0.4) is 0 Å². The third kappa shape index (κ3) is 6.19. The largest absolute Gasteiger partial charge is 0.507 e. The Morgan fingerprint density at radius 1 is 0.895 bits per heavy atom. The molecule has 0 saturated heterocycles. The van der Waals surface area contributed by atoms with Gasteiger partial charge >= 0.3 is 5.97 Å². The molecule has 0 spiro atoms. The van der Waals surface area contributed by atoms with Gasteiger partial charge in [0.05, 0.1) is 29.9 Å². The second kappa shape index (κ2) is 12.4. The minimum absolute atomic E-state index is 0.000451. The van der Waals surface area contributed by atoms with Crippen molar-refractivity contribution < 1.29 is 49.0 Å². The lowest BCUT2D eigenvalue weighted by atomic mass is 10.0. The number of Topliss-reactive ketones (excluding diaryl/α,β-unsaturated/α-hetero) is 2. The normalized spacial score (nSPS) is 14.4. The van der Waals surface area contributed by atoms with Crippen LogP contribution in [0, 0.1) is 0 Å². The van der Waals surface area contributed by atoms with E-state index in [1.165, 1.54) is 26.0 Å². The van der Waals surface area contributed by atoms with E-state index < -0.39 is 23.6 Å². The Kier molecular flexibility index (Phi) is 9.22. The van der Waals surface area contributed by atoms with Crippen LogP contribution >= 0.6 is 0 Å². The van der Waals surface area contributed by atoms with Crippen LogP contribution in [-0.2, 0) is 11.2 Å². The van der Waals surface area contributed by atoms with Gasteiger partial charge < -0.3 is 34.6 Å². The third-order valence-electron chi connectivity index (χ3n) is 6.10. The first kappa shape index (κ1) is 28.4. The Labute approximate surface area is 220 Å². The monoisotopic (exact) mass is 528 g/mol. The summed E-state index contributed by atoms with van der Waals surface area (Å²) in [7, 11) is 0. The van der Waals surface area contributed by atoms with Crippen LogP contribution in [-0.4, -0.2) is 57.3 Å². The molecule has 0 radical (unpaired) electrons. The summed E-state index contributed by atoms with van der Waals surface area (Å²) in [5.41, 5.74) is 1.05. The smallest absolute Gasteiger partial charge is 0.353 e. The second-order valence-corrected chi connectivity index (χ2v) is 8.97. The Balaban J connectivity index is 1.57. The fraction of sp³-hybridized carbons (Fsp3) is 0.393. The average Bonchev–Trinajstić information content (AvgIpc) is 2.86. The number of ether oxygens (including phenoxy) is 3. The van der Waals surface area contributed by atoms with Crippen LogP contribution in [0.15, 0.2) is 30.0 Å². The zero-order chi connectivity index (χ0) is 28.0. The number of aliphatic carboxylic acids is 1. The standard InChI is InChI=1S/C28H32O10/c1-4-8-18-21(10-9-17(15(2)29)24(18)31)36-11-6-5-7-12-37-22-14-23-20(13-19(22)16(3)30)25(32)26(33)27(38-23)28(34)35/h9-10,13-14,27,31-33H,4-8,11-12H2,1-3H3,(H,34,35). The lowest BCUT2D eigenvalue weighted by Crippen LogP contribution is -2.32. The molecular formula is C28H32O10. The van der Waals surface area contributed by atoms with Crippen molar-refractivity contribution >= 4 is 23.3 Å². The minimum Gasteiger partial charge on any atom is -0.507 e. The first-order chi connectivity index (χ1) is 18.1. The van der Waals surface area contributed by atoms with Gasteiger partial charge in [0, 0.05) is 11.6 Å². The van der Waals surface area contributed by atoms with Crippen LogP contribution < -0.4 is 14.2 Å². The highest BCUT2D eigenvalue weighted by molar-refractivity contribution is 5.99. The van der Waals surface area contributed by atoms with E-state index in [0.29, 0.717) is 37.2 Å². The molecule has 1 atom stereocenters. The van der Waals surface area contributed by atoms with Gasteiger partial charge in [0.15, 0.2) is 23.1 Å². The molecule has 1 aliphatic heterocycles. The number of unbranched alkanes of at least 4 members (excludes halogenated alkanes) is 2. The fourth-order valence-electron chi connectivity index (χ4n) is 4.12. The van der Waals surface area contributed by atoms with E-state index in [-0.39, 0.29) is 52.1 Å². The van der Waals surface area contributed by atoms with E-state index >= 15 is 0 Å². The SMILES string of the molecule is CCCc1c(OCCCCCOc2cc3c(cc2C(C)=O)C(O)=C(O)C(C(=O)O)O3)ccc(C(C)=O)c1O. The molecule has 0 aliphatic carbocycles. The number of benzene rings is 2. The topological polar surface area (TPSA) is 160 Å². The summed E-state index contributed by atoms with van der Waals surface area (Å²) in [6, 6.07) is 5.89. The number of hydrogen-bond donors (Lipinski definition) is 4. The Morgan fingerprint density at radius 3 is 2.11 bits per heavy atom. The van der Waals surface area contributed by atoms with Gasteiger partial charge in [0.2, 0.25) is 0 Å². The average molecular weight is 529 g/mol. The quantitative estimate of drug-likeness (QED) is 0.206. The number of carbonyl (C=O) groups is 3. The summed E-state index contributed by atoms with van der Waals surface area (Å²) in [5, 5.41) is 39.8. The first-order valence-electron chi connectivity index (χ1n) is 12.4. The first-order valence-corrected chi connectivity index (χ1v) is 12.4. The van der Waals surface area contributed by atoms with Crippen LogP contribution in [0.1, 0.15) is 78.3 Å². The summed E-state index contributed by atoms with van der Waals surface area (Å²) in [4.78, 5) is 35.2. The number of aliphatic hydroxyl groups excluding tert-OH is 2. The molecule has 1 unspecified atom stereocenters. The number of ketones is 2. The third-order valence-corrected chi connectivity index (χ3v) is 6.10. The molecule has 0 aromatic heterocycles. The zero-order valence-electron chi connectivity index (χ0n) is 21.6. The molecule has 0 amide bonds. The second-order valence-electron chi connectivity index (χ2n) is 8.97. The van der Waals surface area contributed by atoms with Crippen molar-refractivity contribution in [2.45, 2.75) is 59.0 Å². The maximum atomic E-state index is 12.1. The fourth-order valence-corrected chi connectivity index (χ4v) is 4.12. The van der Waals surface area contributed by atoms with E-state index in [1.807, 2.05) is 6.92 Å². The highest BCUT2D eigenvalue weighted by atomic mass is 16.5. The molecule has 204 valence electrons. The molecule has 4 N–H and O–H groups in total. The summed E-state index contributed by atoms with van der Waals surface area (Å²) in [6.45, 7) is 5.35. The highest BCUT2D eigenvalue weighted by Gasteiger charge is 2.35. The van der Waals surface area contributed by atoms with Crippen molar-refractivity contribution in [1.82, 2.24) is 0 Å². The van der Waals surface area contributed by atoms with Crippen molar-refractivity contribution in [3.05, 3.63) is 52.3 Å². The van der Waals surface area contributed by atoms with Gasteiger partial charge in [0.1, 0.15) is 23.0 Å². The summed E-state index contributed by atoms with van der Waals surface area (Å²) < 4.78 is 16.9. The van der Waals surface area contributed by atoms with Gasteiger partial charge in [-0.25, -0.2) is 4.79 Å². The Bertz CT molecular complexity index is 1260. The van der Waals surface area contributed by atoms with E-state index in [2.05, 4.69) is 0 Å². The van der Waals surface area contributed by atoms with Crippen LogP contribution in [0.25, 0.3) is 5.76 Å². The number of rotatable bonds is 13. The van der Waals surface area contributed by atoms with Crippen LogP contribution in [0.5, 0.6) is 23.0 Å². The zero-order valence-corrected chi connectivity index (χ0v) is 21.6. The van der Waals surface area contributed by atoms with Gasteiger partial charge in [-0.05, 0) is 57.7 Å². The maximum absolute atomic E-state index is 12.1. The van der Waals surface area contributed by atoms with Crippen LogP contribution in [0.4, 0.5) is 0 Å². The molecule has 2 aromatic rings. The van der Waals surface area contributed by atoms with Gasteiger partial charge in [-0.3, -0.25) is 9.59 Å². The molecular weight excluding hydrogens is 496 g/mol. The number of carbonyl (C=O) groups excluding carboxylic acids is 2. The van der Waals surface area contributed by atoms with E-state index in [0.717, 1.165) is 12.8 Å². The molecule has 10 heteroatoms. The highest BCUT2D eigenvalue weighted by Crippen LogP contribution is 2.39. The predicted molar refractivity (Wildman–Crippen MR) is 138 cm³/mol. The summed E-state index contributed by atoms with van der Waals surface area (Å²) >= 11 is 0. The van der Waals surface area contributed by atoms with Crippen molar-refractivity contribution in [2.75, 3.05) is 13.2 Å². The maximum Gasteiger partial charge on any atom is 0.353 e. The lowest BCUT2D eigenvalue weighted by Gasteiger charge is -2.24. The van der Waals surface area contributed by atoms with Crippen molar-refractivity contribution in [1.29, 1.82) is 0 Å². The Hall–Kier alpha value is -4.21. The Morgan fingerprint density at radius 2 is 1.53 bits per heavy atom. The molecule has 1 aliphatic rings. The van der Waals surface area contributed by atoms with Gasteiger partial charge in [-0.15, -0.1) is 0 Å². The number of fused-ring (bicyclic) bond motifs is 1. The van der Waals surface area contributed by atoms with E-state index in [4.69, 9.17) is 14.2 Å². The molecule has 2 aromatic carbocycles. The molecule has 38 heavy (non-hydrogen) atoms. The van der Waals surface area contributed by atoms with Crippen molar-refractivity contribution in [3.63, 3.8) is 0 Å². The number of carboxylic acids is 1. The summed E-state index contributed by atoms with van der Waals surface area (Å²) in [5.74, 6) is -2.88.